The van der Waals surface area contributed by atoms with Crippen LogP contribution >= 0.6 is 0 Å². The maximum Gasteiger partial charge on any atom is 0.325 e. The van der Waals surface area contributed by atoms with Gasteiger partial charge in [-0.2, -0.15) is 9.98 Å². The molecule has 0 aliphatic carbocycles. The minimum absolute atomic E-state index is 0.0431. The summed E-state index contributed by atoms with van der Waals surface area (Å²) in [6.07, 6.45) is 0. The quantitative estimate of drug-likeness (QED) is 0.617. The Bertz CT molecular complexity index is 584. The van der Waals surface area contributed by atoms with E-state index in [9.17, 15) is 4.79 Å². The summed E-state index contributed by atoms with van der Waals surface area (Å²) in [5, 5.41) is 2.45. The molecule has 1 aromatic heterocycles. The average Bonchev–Trinajstić information content (AvgIpc) is 2.68. The van der Waals surface area contributed by atoms with E-state index in [1.54, 1.807) is 31.1 Å². The summed E-state index contributed by atoms with van der Waals surface area (Å²) < 4.78 is 5.36. The van der Waals surface area contributed by atoms with E-state index in [1.165, 1.54) is 0 Å². The largest absolute Gasteiger partial charge is 0.422 e. The molecule has 1 amide bonds. The Hall–Kier alpha value is -2.41. The molecule has 0 spiro atoms. The van der Waals surface area contributed by atoms with Gasteiger partial charge in [-0.3, -0.25) is 10.1 Å². The van der Waals surface area contributed by atoms with Crippen molar-refractivity contribution in [3.63, 3.8) is 0 Å². The van der Waals surface area contributed by atoms with E-state index >= 15 is 0 Å². The summed E-state index contributed by atoms with van der Waals surface area (Å²) in [7, 11) is 3.57. The molecule has 0 atom stereocenters. The molecule has 0 aliphatic rings. The van der Waals surface area contributed by atoms with E-state index in [0.29, 0.717) is 11.1 Å². The molecule has 100 valence electrons. The van der Waals surface area contributed by atoms with Gasteiger partial charge in [-0.1, -0.05) is 12.1 Å². The second-order valence-corrected chi connectivity index (χ2v) is 4.25. The first-order valence-corrected chi connectivity index (χ1v) is 5.69. The van der Waals surface area contributed by atoms with Gasteiger partial charge in [0.15, 0.2) is 5.58 Å². The number of rotatable bonds is 3. The second kappa shape index (κ2) is 5.49. The van der Waals surface area contributed by atoms with Crippen LogP contribution < -0.4 is 11.1 Å². The van der Waals surface area contributed by atoms with Gasteiger partial charge in [-0.25, -0.2) is 0 Å². The van der Waals surface area contributed by atoms with E-state index in [1.807, 2.05) is 12.1 Å². The topological polar surface area (TPSA) is 96.8 Å². The fourth-order valence-corrected chi connectivity index (χ4v) is 1.51. The molecule has 7 nitrogen and oxygen atoms in total. The average molecular weight is 261 g/mol. The van der Waals surface area contributed by atoms with Crippen molar-refractivity contribution in [2.24, 2.45) is 10.7 Å². The van der Waals surface area contributed by atoms with Crippen molar-refractivity contribution in [1.29, 1.82) is 0 Å². The summed E-state index contributed by atoms with van der Waals surface area (Å²) in [6, 6.07) is 7.38. The number of nitrogens with zero attached hydrogens (tertiary/aromatic N) is 3. The van der Waals surface area contributed by atoms with Crippen molar-refractivity contribution >= 4 is 29.0 Å². The van der Waals surface area contributed by atoms with Crippen LogP contribution in [0.5, 0.6) is 0 Å². The number of oxazole rings is 1. The normalized spacial score (nSPS) is 12.1. The molecule has 0 saturated carbocycles. The van der Waals surface area contributed by atoms with Crippen LogP contribution in [0, 0.1) is 0 Å². The van der Waals surface area contributed by atoms with Crippen molar-refractivity contribution in [1.82, 2.24) is 15.2 Å². The number of benzene rings is 1. The molecule has 0 unspecified atom stereocenters. The highest BCUT2D eigenvalue weighted by Gasteiger charge is 2.07. The maximum absolute atomic E-state index is 11.5. The number of nitrogens with one attached hydrogen (secondary N) is 1. The lowest BCUT2D eigenvalue weighted by Crippen LogP contribution is -2.41. The third-order valence-electron chi connectivity index (χ3n) is 2.23. The summed E-state index contributed by atoms with van der Waals surface area (Å²) in [4.78, 5) is 21.2. The molecule has 7 heteroatoms. The van der Waals surface area contributed by atoms with E-state index in [-0.39, 0.29) is 24.4 Å². The summed E-state index contributed by atoms with van der Waals surface area (Å²) in [5.41, 5.74) is 6.91. The number of nitrogens with two attached hydrogens (primary N) is 1. The van der Waals surface area contributed by atoms with Gasteiger partial charge in [0.25, 0.3) is 0 Å². The number of para-hydroxylation sites is 2. The van der Waals surface area contributed by atoms with Crippen molar-refractivity contribution in [3.05, 3.63) is 24.3 Å². The van der Waals surface area contributed by atoms with Gasteiger partial charge in [-0.05, 0) is 26.2 Å². The van der Waals surface area contributed by atoms with Crippen LogP contribution in [0.4, 0.5) is 6.01 Å². The van der Waals surface area contributed by atoms with Crippen LogP contribution in [0.3, 0.4) is 0 Å². The first-order chi connectivity index (χ1) is 9.04. The smallest absolute Gasteiger partial charge is 0.325 e. The minimum Gasteiger partial charge on any atom is -0.422 e. The molecular formula is C12H15N5O2. The molecular weight excluding hydrogens is 246 g/mol. The number of likely N-dealkylation sites (N-methyl/N-ethyl adjacent to an activating group) is 1. The van der Waals surface area contributed by atoms with Crippen LogP contribution in [0.15, 0.2) is 33.7 Å². The SMILES string of the molecule is CN(C)CC(=O)NC(N)=Nc1nc2ccccc2o1. The lowest BCUT2D eigenvalue weighted by atomic mass is 10.3. The van der Waals surface area contributed by atoms with Gasteiger partial charge >= 0.3 is 6.01 Å². The van der Waals surface area contributed by atoms with Crippen LogP contribution in [-0.2, 0) is 4.79 Å². The Kier molecular flexibility index (Phi) is 3.76. The first-order valence-electron chi connectivity index (χ1n) is 5.69. The molecule has 0 saturated heterocycles. The fraction of sp³-hybridized carbons (Fsp3) is 0.250. The molecule has 0 fully saturated rings. The van der Waals surface area contributed by atoms with Gasteiger partial charge in [0.2, 0.25) is 11.9 Å². The number of carbonyl (C=O) groups is 1. The predicted octanol–water partition coefficient (Wildman–Crippen LogP) is 0.452. The highest BCUT2D eigenvalue weighted by atomic mass is 16.4. The lowest BCUT2D eigenvalue weighted by Gasteiger charge is -2.08. The van der Waals surface area contributed by atoms with E-state index in [0.717, 1.165) is 0 Å². The van der Waals surface area contributed by atoms with Crippen molar-refractivity contribution in [3.8, 4) is 0 Å². The molecule has 0 aliphatic heterocycles. The Balaban J connectivity index is 2.09. The summed E-state index contributed by atoms with van der Waals surface area (Å²) >= 11 is 0. The number of guanidine groups is 1. The lowest BCUT2D eigenvalue weighted by molar-refractivity contribution is -0.120. The zero-order valence-electron chi connectivity index (χ0n) is 10.8. The molecule has 2 aromatic rings. The Morgan fingerprint density at radius 3 is 2.89 bits per heavy atom. The molecule has 0 radical (unpaired) electrons. The number of fused-ring (bicyclic) bond motifs is 1. The highest BCUT2D eigenvalue weighted by molar-refractivity contribution is 5.97. The Morgan fingerprint density at radius 1 is 1.47 bits per heavy atom. The zero-order valence-corrected chi connectivity index (χ0v) is 10.8. The van der Waals surface area contributed by atoms with Crippen molar-refractivity contribution in [2.45, 2.75) is 0 Å². The molecule has 1 aromatic carbocycles. The molecule has 3 N–H and O–H groups in total. The highest BCUT2D eigenvalue weighted by Crippen LogP contribution is 2.19. The number of amides is 1. The fourth-order valence-electron chi connectivity index (χ4n) is 1.51. The standard InChI is InChI=1S/C12H15N5O2/c1-17(2)7-10(18)15-11(13)16-12-14-8-5-3-4-6-9(8)19-12/h3-6H,7H2,1-2H3,(H3,13,14,15,16,18). The van der Waals surface area contributed by atoms with Crippen LogP contribution in [0.25, 0.3) is 11.1 Å². The van der Waals surface area contributed by atoms with Crippen LogP contribution in [0.2, 0.25) is 0 Å². The summed E-state index contributed by atoms with van der Waals surface area (Å²) in [5.74, 6) is -0.291. The summed E-state index contributed by atoms with van der Waals surface area (Å²) in [6.45, 7) is 0.226. The number of hydrogen-bond acceptors (Lipinski definition) is 5. The Morgan fingerprint density at radius 2 is 2.21 bits per heavy atom. The third kappa shape index (κ3) is 3.52. The molecule has 0 bridgehead atoms. The van der Waals surface area contributed by atoms with Crippen LogP contribution in [0.1, 0.15) is 0 Å². The van der Waals surface area contributed by atoms with Gasteiger partial charge < -0.3 is 15.1 Å². The van der Waals surface area contributed by atoms with Crippen molar-refractivity contribution < 1.29 is 9.21 Å². The number of hydrogen-bond donors (Lipinski definition) is 2. The monoisotopic (exact) mass is 261 g/mol. The maximum atomic E-state index is 11.5. The molecule has 19 heavy (non-hydrogen) atoms. The minimum atomic E-state index is -0.248. The molecule has 2 rings (SSSR count). The van der Waals surface area contributed by atoms with Gasteiger partial charge in [0, 0.05) is 0 Å². The van der Waals surface area contributed by atoms with E-state index in [4.69, 9.17) is 10.2 Å². The van der Waals surface area contributed by atoms with Gasteiger partial charge in [0.05, 0.1) is 6.54 Å². The molecule has 1 heterocycles. The first kappa shape index (κ1) is 13.0. The Labute approximate surface area is 110 Å². The van der Waals surface area contributed by atoms with Crippen molar-refractivity contribution in [2.75, 3.05) is 20.6 Å². The van der Waals surface area contributed by atoms with E-state index < -0.39 is 0 Å². The van der Waals surface area contributed by atoms with E-state index in [2.05, 4.69) is 15.3 Å². The number of aromatic nitrogens is 1. The third-order valence-corrected chi connectivity index (χ3v) is 2.23. The predicted molar refractivity (Wildman–Crippen MR) is 72.0 cm³/mol. The zero-order chi connectivity index (χ0) is 13.8. The number of carbonyl (C=O) groups excluding carboxylic acids is 1. The van der Waals surface area contributed by atoms with Crippen LogP contribution in [-0.4, -0.2) is 42.4 Å². The number of aliphatic imine (C=N–C) groups is 1. The van der Waals surface area contributed by atoms with Gasteiger partial charge in [0.1, 0.15) is 5.52 Å². The van der Waals surface area contributed by atoms with Gasteiger partial charge in [-0.15, -0.1) is 0 Å². The second-order valence-electron chi connectivity index (χ2n) is 4.25.